The monoisotopic (exact) mass is 368 g/mol. The van der Waals surface area contributed by atoms with Crippen LogP contribution in [0.3, 0.4) is 0 Å². The van der Waals surface area contributed by atoms with Crippen LogP contribution in [0.2, 0.25) is 0 Å². The maximum atomic E-state index is 12.3. The van der Waals surface area contributed by atoms with E-state index in [1.807, 2.05) is 19.9 Å². The number of anilines is 2. The van der Waals surface area contributed by atoms with Crippen LogP contribution >= 0.6 is 0 Å². The quantitative estimate of drug-likeness (QED) is 0.598. The van der Waals surface area contributed by atoms with Crippen molar-refractivity contribution in [3.05, 3.63) is 60.2 Å². The molecule has 2 aromatic carbocycles. The van der Waals surface area contributed by atoms with Gasteiger partial charge in [-0.05, 0) is 30.2 Å². The highest BCUT2D eigenvalue weighted by Crippen LogP contribution is 2.21. The summed E-state index contributed by atoms with van der Waals surface area (Å²) in [6.45, 7) is 3.45. The zero-order valence-corrected chi connectivity index (χ0v) is 15.4. The lowest BCUT2D eigenvalue weighted by Crippen LogP contribution is -2.46. The minimum absolute atomic E-state index is 0.0259. The largest absolute Gasteiger partial charge is 0.346 e. The number of nitrogens with one attached hydrogen (secondary N) is 3. The summed E-state index contributed by atoms with van der Waals surface area (Å²) < 4.78 is 0. The van der Waals surface area contributed by atoms with Gasteiger partial charge in [-0.25, -0.2) is 0 Å². The molecule has 0 bridgehead atoms. The molecule has 0 aliphatic rings. The minimum atomic E-state index is -0.671. The molecule has 0 spiro atoms. The molecule has 0 aromatic heterocycles. The molecule has 0 saturated carbocycles. The second-order valence-electron chi connectivity index (χ2n) is 6.40. The highest BCUT2D eigenvalue weighted by atomic mass is 16.2. The molecule has 7 nitrogen and oxygen atoms in total. The average Bonchev–Trinajstić information content (AvgIpc) is 2.67. The Morgan fingerprint density at radius 2 is 1.44 bits per heavy atom. The third-order valence-electron chi connectivity index (χ3n) is 3.93. The summed E-state index contributed by atoms with van der Waals surface area (Å²) in [6.07, 6.45) is 0. The Labute approximate surface area is 158 Å². The molecule has 0 heterocycles. The predicted molar refractivity (Wildman–Crippen MR) is 105 cm³/mol. The van der Waals surface area contributed by atoms with Gasteiger partial charge < -0.3 is 21.7 Å². The van der Waals surface area contributed by atoms with E-state index in [4.69, 9.17) is 5.73 Å². The topological polar surface area (TPSA) is 113 Å². The van der Waals surface area contributed by atoms with Crippen molar-refractivity contribution < 1.29 is 14.4 Å². The van der Waals surface area contributed by atoms with Crippen LogP contribution in [0.15, 0.2) is 54.6 Å². The van der Waals surface area contributed by atoms with Crippen molar-refractivity contribution in [2.24, 2.45) is 11.7 Å². The Morgan fingerprint density at radius 3 is 2.04 bits per heavy atom. The first-order chi connectivity index (χ1) is 12.9. The fourth-order valence-corrected chi connectivity index (χ4v) is 2.27. The van der Waals surface area contributed by atoms with Crippen molar-refractivity contribution in [1.29, 1.82) is 0 Å². The van der Waals surface area contributed by atoms with Gasteiger partial charge in [0.2, 0.25) is 11.8 Å². The number of benzene rings is 2. The van der Waals surface area contributed by atoms with Crippen LogP contribution in [0.25, 0.3) is 0 Å². The van der Waals surface area contributed by atoms with Crippen LogP contribution in [-0.4, -0.2) is 30.3 Å². The van der Waals surface area contributed by atoms with Crippen molar-refractivity contribution in [2.45, 2.75) is 19.9 Å². The Hall–Kier alpha value is -3.19. The number of para-hydroxylation sites is 2. The standard InChI is InChI=1S/C20H24N4O3/c1-13(2)18(21)20(27)22-12-17(25)23-15-10-6-7-11-16(15)24-19(26)14-8-4-3-5-9-14/h3-11,13,18H,12,21H2,1-2H3,(H,22,27)(H,23,25)(H,24,26)/t18-/m0/s1. The van der Waals surface area contributed by atoms with Crippen molar-refractivity contribution in [2.75, 3.05) is 17.2 Å². The van der Waals surface area contributed by atoms with Crippen LogP contribution < -0.4 is 21.7 Å². The normalized spacial score (nSPS) is 11.6. The first-order valence-electron chi connectivity index (χ1n) is 8.67. The van der Waals surface area contributed by atoms with Crippen molar-refractivity contribution in [3.63, 3.8) is 0 Å². The van der Waals surface area contributed by atoms with E-state index >= 15 is 0 Å². The number of carbonyl (C=O) groups excluding carboxylic acids is 3. The van der Waals surface area contributed by atoms with Gasteiger partial charge in [-0.2, -0.15) is 0 Å². The van der Waals surface area contributed by atoms with Gasteiger partial charge in [0.1, 0.15) is 0 Å². The number of hydrogen-bond acceptors (Lipinski definition) is 4. The second-order valence-corrected chi connectivity index (χ2v) is 6.40. The van der Waals surface area contributed by atoms with E-state index in [2.05, 4.69) is 16.0 Å². The van der Waals surface area contributed by atoms with Gasteiger partial charge in [0.05, 0.1) is 24.0 Å². The van der Waals surface area contributed by atoms with Gasteiger partial charge in [-0.3, -0.25) is 14.4 Å². The number of nitrogens with two attached hydrogens (primary N) is 1. The molecular weight excluding hydrogens is 344 g/mol. The van der Waals surface area contributed by atoms with Crippen molar-refractivity contribution >= 4 is 29.1 Å². The highest BCUT2D eigenvalue weighted by molar-refractivity contribution is 6.07. The van der Waals surface area contributed by atoms with Crippen LogP contribution in [-0.2, 0) is 9.59 Å². The number of carbonyl (C=O) groups is 3. The molecule has 0 saturated heterocycles. The minimum Gasteiger partial charge on any atom is -0.346 e. The van der Waals surface area contributed by atoms with Gasteiger partial charge in [-0.1, -0.05) is 44.2 Å². The van der Waals surface area contributed by atoms with E-state index in [-0.39, 0.29) is 24.3 Å². The molecule has 0 aliphatic carbocycles. The van der Waals surface area contributed by atoms with Gasteiger partial charge in [0.15, 0.2) is 0 Å². The predicted octanol–water partition coefficient (Wildman–Crippen LogP) is 1.98. The number of rotatable bonds is 7. The molecular formula is C20H24N4O3. The molecule has 2 aromatic rings. The summed E-state index contributed by atoms with van der Waals surface area (Å²) in [4.78, 5) is 36.3. The molecule has 0 unspecified atom stereocenters. The lowest BCUT2D eigenvalue weighted by Gasteiger charge is -2.16. The van der Waals surface area contributed by atoms with E-state index in [1.54, 1.807) is 48.5 Å². The van der Waals surface area contributed by atoms with Crippen molar-refractivity contribution in [1.82, 2.24) is 5.32 Å². The first kappa shape index (κ1) is 20.1. The second kappa shape index (κ2) is 9.49. The maximum Gasteiger partial charge on any atom is 0.255 e. The molecule has 0 aliphatic heterocycles. The highest BCUT2D eigenvalue weighted by Gasteiger charge is 2.18. The fourth-order valence-electron chi connectivity index (χ4n) is 2.27. The summed E-state index contributed by atoms with van der Waals surface area (Å²) in [5.74, 6) is -1.11. The maximum absolute atomic E-state index is 12.3. The lowest BCUT2D eigenvalue weighted by atomic mass is 10.1. The Balaban J connectivity index is 1.98. The molecule has 0 radical (unpaired) electrons. The van der Waals surface area contributed by atoms with Gasteiger partial charge in [0, 0.05) is 5.56 Å². The molecule has 7 heteroatoms. The van der Waals surface area contributed by atoms with Gasteiger partial charge in [-0.15, -0.1) is 0 Å². The lowest BCUT2D eigenvalue weighted by molar-refractivity contribution is -0.125. The average molecular weight is 368 g/mol. The summed E-state index contributed by atoms with van der Waals surface area (Å²) in [5, 5.41) is 7.96. The zero-order chi connectivity index (χ0) is 19.8. The van der Waals surface area contributed by atoms with Gasteiger partial charge >= 0.3 is 0 Å². The summed E-state index contributed by atoms with van der Waals surface area (Å²) in [6, 6.07) is 14.9. The third kappa shape index (κ3) is 5.93. The van der Waals surface area contributed by atoms with Gasteiger partial charge in [0.25, 0.3) is 5.91 Å². The molecule has 142 valence electrons. The van der Waals surface area contributed by atoms with E-state index in [1.165, 1.54) is 0 Å². The Kier molecular flexibility index (Phi) is 7.08. The summed E-state index contributed by atoms with van der Waals surface area (Å²) >= 11 is 0. The zero-order valence-electron chi connectivity index (χ0n) is 15.4. The van der Waals surface area contributed by atoms with E-state index in [0.717, 1.165) is 0 Å². The number of amides is 3. The molecule has 27 heavy (non-hydrogen) atoms. The first-order valence-corrected chi connectivity index (χ1v) is 8.67. The van der Waals surface area contributed by atoms with Crippen LogP contribution in [0, 0.1) is 5.92 Å². The molecule has 1 atom stereocenters. The van der Waals surface area contributed by atoms with Crippen molar-refractivity contribution in [3.8, 4) is 0 Å². The third-order valence-corrected chi connectivity index (χ3v) is 3.93. The van der Waals surface area contributed by atoms with Crippen LogP contribution in [0.5, 0.6) is 0 Å². The Bertz CT molecular complexity index is 806. The molecule has 2 rings (SSSR count). The molecule has 5 N–H and O–H groups in total. The Morgan fingerprint density at radius 1 is 0.889 bits per heavy atom. The number of hydrogen-bond donors (Lipinski definition) is 4. The molecule has 3 amide bonds. The molecule has 0 fully saturated rings. The fraction of sp³-hybridized carbons (Fsp3) is 0.250. The smallest absolute Gasteiger partial charge is 0.255 e. The van der Waals surface area contributed by atoms with E-state index in [9.17, 15) is 14.4 Å². The summed E-state index contributed by atoms with van der Waals surface area (Å²) in [7, 11) is 0. The summed E-state index contributed by atoms with van der Waals surface area (Å²) in [5.41, 5.74) is 7.15. The van der Waals surface area contributed by atoms with E-state index < -0.39 is 11.9 Å². The van der Waals surface area contributed by atoms with Crippen LogP contribution in [0.4, 0.5) is 11.4 Å². The van der Waals surface area contributed by atoms with Crippen LogP contribution in [0.1, 0.15) is 24.2 Å². The SMILES string of the molecule is CC(C)[C@H](N)C(=O)NCC(=O)Nc1ccccc1NC(=O)c1ccccc1. The van der Waals surface area contributed by atoms with E-state index in [0.29, 0.717) is 16.9 Å².